The van der Waals surface area contributed by atoms with E-state index in [-0.39, 0.29) is 11.9 Å². The van der Waals surface area contributed by atoms with Crippen molar-refractivity contribution < 1.29 is 9.53 Å². The SMILES string of the molecule is Cc1cc2c(cc1NC1CN(C)C1)N1C(=NNC(=O)C1C)CO2. The average molecular weight is 315 g/mol. The number of likely N-dealkylation sites (tertiary alicyclic amines) is 1. The van der Waals surface area contributed by atoms with E-state index in [9.17, 15) is 4.79 Å². The molecule has 122 valence electrons. The van der Waals surface area contributed by atoms with Gasteiger partial charge >= 0.3 is 0 Å². The molecule has 1 aromatic carbocycles. The summed E-state index contributed by atoms with van der Waals surface area (Å²) in [6.07, 6.45) is 0. The molecule has 1 unspecified atom stereocenters. The van der Waals surface area contributed by atoms with Crippen LogP contribution in [-0.2, 0) is 4.79 Å². The lowest BCUT2D eigenvalue weighted by Gasteiger charge is -2.40. The fourth-order valence-electron chi connectivity index (χ4n) is 3.34. The van der Waals surface area contributed by atoms with Gasteiger partial charge in [-0.05, 0) is 38.6 Å². The fraction of sp³-hybridized carbons (Fsp3) is 0.500. The lowest BCUT2D eigenvalue weighted by Crippen LogP contribution is -2.55. The number of amides is 1. The molecule has 1 fully saturated rings. The van der Waals surface area contributed by atoms with Crippen molar-refractivity contribution in [1.82, 2.24) is 10.3 Å². The van der Waals surface area contributed by atoms with Crippen LogP contribution < -0.4 is 20.4 Å². The van der Waals surface area contributed by atoms with Gasteiger partial charge in [-0.25, -0.2) is 5.43 Å². The number of hydrazone groups is 1. The molecule has 1 aromatic rings. The molecule has 23 heavy (non-hydrogen) atoms. The van der Waals surface area contributed by atoms with Gasteiger partial charge in [-0.1, -0.05) is 0 Å². The highest BCUT2D eigenvalue weighted by Crippen LogP contribution is 2.39. The summed E-state index contributed by atoms with van der Waals surface area (Å²) in [5.74, 6) is 1.44. The Morgan fingerprint density at radius 1 is 1.39 bits per heavy atom. The van der Waals surface area contributed by atoms with Crippen LogP contribution in [0.3, 0.4) is 0 Å². The maximum atomic E-state index is 12.0. The molecular weight excluding hydrogens is 294 g/mol. The summed E-state index contributed by atoms with van der Waals surface area (Å²) >= 11 is 0. The number of nitrogens with zero attached hydrogens (tertiary/aromatic N) is 3. The Kier molecular flexibility index (Phi) is 3.19. The van der Waals surface area contributed by atoms with Crippen LogP contribution in [0.2, 0.25) is 0 Å². The Balaban J connectivity index is 1.69. The molecular formula is C16H21N5O2. The van der Waals surface area contributed by atoms with Crippen LogP contribution in [0.1, 0.15) is 12.5 Å². The van der Waals surface area contributed by atoms with E-state index < -0.39 is 0 Å². The number of likely N-dealkylation sites (N-methyl/N-ethyl adjacent to an activating group) is 1. The Labute approximate surface area is 135 Å². The van der Waals surface area contributed by atoms with E-state index >= 15 is 0 Å². The summed E-state index contributed by atoms with van der Waals surface area (Å²) in [6, 6.07) is 4.29. The zero-order valence-corrected chi connectivity index (χ0v) is 13.6. The van der Waals surface area contributed by atoms with Crippen molar-refractivity contribution in [1.29, 1.82) is 0 Å². The maximum absolute atomic E-state index is 12.0. The number of aryl methyl sites for hydroxylation is 1. The molecule has 3 heterocycles. The van der Waals surface area contributed by atoms with Gasteiger partial charge in [-0.3, -0.25) is 4.79 Å². The largest absolute Gasteiger partial charge is 0.483 e. The van der Waals surface area contributed by atoms with E-state index in [1.807, 2.05) is 17.9 Å². The van der Waals surface area contributed by atoms with Crippen LogP contribution in [0.5, 0.6) is 5.75 Å². The average Bonchev–Trinajstić information content (AvgIpc) is 2.49. The molecule has 0 saturated carbocycles. The number of anilines is 2. The molecule has 3 aliphatic heterocycles. The molecule has 0 aromatic heterocycles. The predicted octanol–water partition coefficient (Wildman–Crippen LogP) is 0.752. The number of amidine groups is 1. The number of fused-ring (bicyclic) bond motifs is 3. The Morgan fingerprint density at radius 3 is 2.91 bits per heavy atom. The smallest absolute Gasteiger partial charge is 0.262 e. The quantitative estimate of drug-likeness (QED) is 0.843. The minimum atomic E-state index is -0.296. The van der Waals surface area contributed by atoms with Gasteiger partial charge in [0.25, 0.3) is 5.91 Å². The molecule has 1 saturated heterocycles. The van der Waals surface area contributed by atoms with E-state index in [0.717, 1.165) is 41.6 Å². The van der Waals surface area contributed by atoms with Crippen LogP contribution in [0.25, 0.3) is 0 Å². The predicted molar refractivity (Wildman–Crippen MR) is 89.1 cm³/mol. The van der Waals surface area contributed by atoms with Gasteiger partial charge in [0.15, 0.2) is 5.84 Å². The van der Waals surface area contributed by atoms with Crippen molar-refractivity contribution in [2.45, 2.75) is 25.9 Å². The Hall–Kier alpha value is -2.28. The first-order chi connectivity index (χ1) is 11.0. The van der Waals surface area contributed by atoms with Crippen molar-refractivity contribution in [3.8, 4) is 5.75 Å². The van der Waals surface area contributed by atoms with Gasteiger partial charge in [0.05, 0.1) is 11.7 Å². The van der Waals surface area contributed by atoms with E-state index in [0.29, 0.717) is 12.6 Å². The highest BCUT2D eigenvalue weighted by Gasteiger charge is 2.35. The highest BCUT2D eigenvalue weighted by molar-refractivity contribution is 6.09. The molecule has 0 bridgehead atoms. The summed E-state index contributed by atoms with van der Waals surface area (Å²) in [4.78, 5) is 16.2. The zero-order valence-electron chi connectivity index (χ0n) is 13.6. The first kappa shape index (κ1) is 14.3. The number of hydrogen-bond donors (Lipinski definition) is 2. The second-order valence-electron chi connectivity index (χ2n) is 6.54. The van der Waals surface area contributed by atoms with E-state index in [2.05, 4.69) is 40.8 Å². The third kappa shape index (κ3) is 2.31. The number of benzene rings is 1. The number of ether oxygens (including phenoxy) is 1. The molecule has 7 heteroatoms. The summed E-state index contributed by atoms with van der Waals surface area (Å²) in [6.45, 7) is 6.42. The molecule has 7 nitrogen and oxygen atoms in total. The summed E-state index contributed by atoms with van der Waals surface area (Å²) in [5, 5.41) is 7.71. The number of nitrogens with one attached hydrogen (secondary N) is 2. The van der Waals surface area contributed by atoms with Gasteiger partial charge in [-0.2, -0.15) is 5.10 Å². The van der Waals surface area contributed by atoms with E-state index in [1.54, 1.807) is 0 Å². The molecule has 1 amide bonds. The molecule has 0 spiro atoms. The molecule has 3 aliphatic rings. The minimum absolute atomic E-state index is 0.0997. The third-order valence-corrected chi connectivity index (χ3v) is 4.69. The number of carbonyl (C=O) groups excluding carboxylic acids is 1. The van der Waals surface area contributed by atoms with Crippen molar-refractivity contribution in [2.75, 3.05) is 37.0 Å². The van der Waals surface area contributed by atoms with Crippen LogP contribution in [0.15, 0.2) is 17.2 Å². The molecule has 2 N–H and O–H groups in total. The lowest BCUT2D eigenvalue weighted by atomic mass is 10.1. The van der Waals surface area contributed by atoms with Crippen LogP contribution in [-0.4, -0.2) is 55.5 Å². The number of rotatable bonds is 2. The Bertz CT molecular complexity index is 696. The van der Waals surface area contributed by atoms with Crippen molar-refractivity contribution in [2.24, 2.45) is 5.10 Å². The molecule has 0 aliphatic carbocycles. The van der Waals surface area contributed by atoms with E-state index in [4.69, 9.17) is 4.74 Å². The first-order valence-corrected chi connectivity index (χ1v) is 7.91. The monoisotopic (exact) mass is 315 g/mol. The van der Waals surface area contributed by atoms with Gasteiger partial charge in [0.1, 0.15) is 18.4 Å². The summed E-state index contributed by atoms with van der Waals surface area (Å²) < 4.78 is 5.81. The topological polar surface area (TPSA) is 69.2 Å². The van der Waals surface area contributed by atoms with E-state index in [1.165, 1.54) is 0 Å². The number of carbonyl (C=O) groups is 1. The van der Waals surface area contributed by atoms with Gasteiger partial charge in [-0.15, -0.1) is 0 Å². The van der Waals surface area contributed by atoms with Gasteiger partial charge in [0.2, 0.25) is 0 Å². The first-order valence-electron chi connectivity index (χ1n) is 7.91. The van der Waals surface area contributed by atoms with Gasteiger partial charge < -0.3 is 19.9 Å². The van der Waals surface area contributed by atoms with Crippen molar-refractivity contribution in [3.63, 3.8) is 0 Å². The summed E-state index contributed by atoms with van der Waals surface area (Å²) in [5.41, 5.74) is 5.68. The third-order valence-electron chi connectivity index (χ3n) is 4.69. The Morgan fingerprint density at radius 2 is 2.17 bits per heavy atom. The van der Waals surface area contributed by atoms with Crippen molar-refractivity contribution in [3.05, 3.63) is 17.7 Å². The maximum Gasteiger partial charge on any atom is 0.262 e. The minimum Gasteiger partial charge on any atom is -0.483 e. The standard InChI is InChI=1S/C16H21N5O2/c1-9-4-14-13(5-12(9)17-11-6-20(3)7-11)21-10(2)16(22)19-18-15(21)8-23-14/h4-5,10-11,17H,6-8H2,1-3H3,(H,19,22). The fourth-order valence-corrected chi connectivity index (χ4v) is 3.34. The number of hydrogen-bond acceptors (Lipinski definition) is 6. The molecule has 1 atom stereocenters. The molecule has 4 rings (SSSR count). The van der Waals surface area contributed by atoms with Crippen LogP contribution >= 0.6 is 0 Å². The lowest BCUT2D eigenvalue weighted by molar-refractivity contribution is -0.122. The second kappa shape index (κ2) is 5.13. The van der Waals surface area contributed by atoms with Crippen molar-refractivity contribution >= 4 is 23.1 Å². The van der Waals surface area contributed by atoms with Crippen LogP contribution in [0, 0.1) is 6.92 Å². The second-order valence-corrected chi connectivity index (χ2v) is 6.54. The zero-order chi connectivity index (χ0) is 16.1. The van der Waals surface area contributed by atoms with Gasteiger partial charge in [0, 0.05) is 18.8 Å². The molecule has 0 radical (unpaired) electrons. The normalized spacial score (nSPS) is 24.0. The van der Waals surface area contributed by atoms with Crippen LogP contribution in [0.4, 0.5) is 11.4 Å². The summed E-state index contributed by atoms with van der Waals surface area (Å²) in [7, 11) is 2.11. The highest BCUT2D eigenvalue weighted by atomic mass is 16.5.